The van der Waals surface area contributed by atoms with E-state index in [1.165, 1.54) is 0 Å². The molecule has 0 atom stereocenters. The van der Waals surface area contributed by atoms with Crippen LogP contribution >= 0.6 is 34.2 Å². The maximum atomic E-state index is 10.8. The summed E-state index contributed by atoms with van der Waals surface area (Å²) in [4.78, 5) is 10.8. The summed E-state index contributed by atoms with van der Waals surface area (Å²) in [6.07, 6.45) is 0.780. The van der Waals surface area contributed by atoms with Gasteiger partial charge in [-0.05, 0) is 40.8 Å². The molecule has 0 aliphatic heterocycles. The molecule has 0 unspecified atom stereocenters. The van der Waals surface area contributed by atoms with E-state index in [4.69, 9.17) is 21.1 Å². The monoisotopic (exact) mass is 402 g/mol. The second kappa shape index (κ2) is 6.95. The minimum Gasteiger partial charge on any atom is -0.493 e. The Labute approximate surface area is 136 Å². The molecule has 0 aromatic heterocycles. The molecule has 20 heavy (non-hydrogen) atoms. The number of carbonyl (C=O) groups is 1. The molecule has 5 heteroatoms. The molecule has 2 rings (SSSR count). The lowest BCUT2D eigenvalue weighted by atomic mass is 10.2. The number of hydrogen-bond acceptors (Lipinski definition) is 3. The summed E-state index contributed by atoms with van der Waals surface area (Å²) in [5.74, 6) is 1.14. The molecule has 2 aromatic rings. The molecule has 0 saturated heterocycles. The zero-order chi connectivity index (χ0) is 14.5. The number of benzene rings is 2. The molecule has 0 spiro atoms. The Balaban J connectivity index is 2.25. The molecule has 0 aliphatic rings. The van der Waals surface area contributed by atoms with E-state index in [0.717, 1.165) is 15.4 Å². The highest BCUT2D eigenvalue weighted by molar-refractivity contribution is 14.1. The van der Waals surface area contributed by atoms with Gasteiger partial charge in [0.1, 0.15) is 12.9 Å². The van der Waals surface area contributed by atoms with Gasteiger partial charge in [-0.3, -0.25) is 4.79 Å². The van der Waals surface area contributed by atoms with E-state index >= 15 is 0 Å². The van der Waals surface area contributed by atoms with Crippen molar-refractivity contribution in [3.8, 4) is 11.5 Å². The van der Waals surface area contributed by atoms with E-state index in [-0.39, 0.29) is 0 Å². The Bertz CT molecular complexity index is 629. The predicted molar refractivity (Wildman–Crippen MR) is 86.9 cm³/mol. The second-order valence-electron chi connectivity index (χ2n) is 4.03. The average Bonchev–Trinajstić information content (AvgIpc) is 2.46. The summed E-state index contributed by atoms with van der Waals surface area (Å²) in [5.41, 5.74) is 1.45. The first-order chi connectivity index (χ1) is 9.65. The molecular formula is C15H12ClIO3. The fourth-order valence-corrected chi connectivity index (χ4v) is 2.68. The van der Waals surface area contributed by atoms with Crippen molar-refractivity contribution in [3.05, 3.63) is 56.1 Å². The summed E-state index contributed by atoms with van der Waals surface area (Å²) in [6.45, 7) is 0.340. The van der Waals surface area contributed by atoms with E-state index in [2.05, 4.69) is 22.6 Å². The van der Waals surface area contributed by atoms with Crippen LogP contribution in [0, 0.1) is 3.57 Å². The van der Waals surface area contributed by atoms with Crippen molar-refractivity contribution >= 4 is 40.5 Å². The van der Waals surface area contributed by atoms with Gasteiger partial charge in [-0.2, -0.15) is 0 Å². The van der Waals surface area contributed by atoms with Crippen molar-refractivity contribution < 1.29 is 14.3 Å². The lowest BCUT2D eigenvalue weighted by molar-refractivity contribution is 0.112. The molecular weight excluding hydrogens is 391 g/mol. The van der Waals surface area contributed by atoms with Gasteiger partial charge in [0.15, 0.2) is 11.5 Å². The average molecular weight is 403 g/mol. The van der Waals surface area contributed by atoms with Crippen molar-refractivity contribution in [1.82, 2.24) is 0 Å². The highest BCUT2D eigenvalue weighted by Crippen LogP contribution is 2.34. The molecule has 0 aliphatic carbocycles. The summed E-state index contributed by atoms with van der Waals surface area (Å²) in [7, 11) is 1.54. The van der Waals surface area contributed by atoms with Crippen molar-refractivity contribution in [2.24, 2.45) is 0 Å². The highest BCUT2D eigenvalue weighted by atomic mass is 127. The minimum atomic E-state index is 0.340. The molecule has 3 nitrogen and oxygen atoms in total. The van der Waals surface area contributed by atoms with Crippen molar-refractivity contribution in [2.75, 3.05) is 7.11 Å². The van der Waals surface area contributed by atoms with E-state index in [0.29, 0.717) is 28.7 Å². The van der Waals surface area contributed by atoms with Gasteiger partial charge in [-0.1, -0.05) is 29.8 Å². The molecule has 0 N–H and O–H groups in total. The van der Waals surface area contributed by atoms with E-state index in [9.17, 15) is 4.79 Å². The fraction of sp³-hybridized carbons (Fsp3) is 0.133. The second-order valence-corrected chi connectivity index (χ2v) is 5.60. The number of aldehydes is 1. The van der Waals surface area contributed by atoms with Crippen LogP contribution in [0.4, 0.5) is 0 Å². The zero-order valence-electron chi connectivity index (χ0n) is 10.7. The molecule has 0 bridgehead atoms. The van der Waals surface area contributed by atoms with Gasteiger partial charge in [0.25, 0.3) is 0 Å². The Hall–Kier alpha value is -1.27. The SMILES string of the molecule is COc1cc(C=O)cc(I)c1OCc1ccccc1Cl. The largest absolute Gasteiger partial charge is 0.493 e. The van der Waals surface area contributed by atoms with Gasteiger partial charge in [0.2, 0.25) is 0 Å². The molecule has 0 radical (unpaired) electrons. The molecule has 0 amide bonds. The first-order valence-corrected chi connectivity index (χ1v) is 7.30. The van der Waals surface area contributed by atoms with Gasteiger partial charge in [-0.25, -0.2) is 0 Å². The van der Waals surface area contributed by atoms with Crippen LogP contribution in [0.1, 0.15) is 15.9 Å². The summed E-state index contributed by atoms with van der Waals surface area (Å²) >= 11 is 8.20. The highest BCUT2D eigenvalue weighted by Gasteiger charge is 2.12. The smallest absolute Gasteiger partial charge is 0.174 e. The topological polar surface area (TPSA) is 35.5 Å². The third-order valence-corrected chi connectivity index (χ3v) is 3.89. The Morgan fingerprint density at radius 1 is 1.30 bits per heavy atom. The lowest BCUT2D eigenvalue weighted by Crippen LogP contribution is -2.01. The molecule has 0 saturated carbocycles. The fourth-order valence-electron chi connectivity index (χ4n) is 1.71. The van der Waals surface area contributed by atoms with Crippen LogP contribution in [0.25, 0.3) is 0 Å². The first-order valence-electron chi connectivity index (χ1n) is 5.84. The summed E-state index contributed by atoms with van der Waals surface area (Å²) < 4.78 is 11.9. The van der Waals surface area contributed by atoms with Crippen LogP contribution in [0.5, 0.6) is 11.5 Å². The number of rotatable bonds is 5. The number of halogens is 2. The van der Waals surface area contributed by atoms with Gasteiger partial charge in [0.05, 0.1) is 10.7 Å². The number of carbonyl (C=O) groups excluding carboxylic acids is 1. The Morgan fingerprint density at radius 3 is 2.70 bits per heavy atom. The third-order valence-electron chi connectivity index (χ3n) is 2.72. The normalized spacial score (nSPS) is 10.2. The van der Waals surface area contributed by atoms with Gasteiger partial charge in [0, 0.05) is 16.1 Å². The van der Waals surface area contributed by atoms with Gasteiger partial charge >= 0.3 is 0 Å². The Kier molecular flexibility index (Phi) is 5.25. The standard InChI is InChI=1S/C15H12ClIO3/c1-19-14-7-10(8-18)6-13(17)15(14)20-9-11-4-2-3-5-12(11)16/h2-8H,9H2,1H3. The van der Waals surface area contributed by atoms with Crippen LogP contribution in [0.2, 0.25) is 5.02 Å². The minimum absolute atomic E-state index is 0.340. The molecule has 104 valence electrons. The van der Waals surface area contributed by atoms with Crippen LogP contribution < -0.4 is 9.47 Å². The number of methoxy groups -OCH3 is 1. The lowest BCUT2D eigenvalue weighted by Gasteiger charge is -2.13. The van der Waals surface area contributed by atoms with E-state index in [1.54, 1.807) is 19.2 Å². The quantitative estimate of drug-likeness (QED) is 0.551. The van der Waals surface area contributed by atoms with Crippen molar-refractivity contribution in [3.63, 3.8) is 0 Å². The van der Waals surface area contributed by atoms with Crippen LogP contribution in [-0.4, -0.2) is 13.4 Å². The zero-order valence-corrected chi connectivity index (χ0v) is 13.6. The number of hydrogen-bond donors (Lipinski definition) is 0. The molecule has 0 heterocycles. The maximum absolute atomic E-state index is 10.8. The number of ether oxygens (including phenoxy) is 2. The molecule has 2 aromatic carbocycles. The molecule has 0 fully saturated rings. The maximum Gasteiger partial charge on any atom is 0.174 e. The Morgan fingerprint density at radius 2 is 2.05 bits per heavy atom. The summed E-state index contributed by atoms with van der Waals surface area (Å²) in [5, 5.41) is 0.658. The van der Waals surface area contributed by atoms with Gasteiger partial charge in [-0.15, -0.1) is 0 Å². The van der Waals surface area contributed by atoms with Crippen molar-refractivity contribution in [1.29, 1.82) is 0 Å². The first kappa shape index (κ1) is 15.1. The van der Waals surface area contributed by atoms with Crippen LogP contribution in [-0.2, 0) is 6.61 Å². The van der Waals surface area contributed by atoms with Gasteiger partial charge < -0.3 is 9.47 Å². The van der Waals surface area contributed by atoms with Crippen LogP contribution in [0.15, 0.2) is 36.4 Å². The van der Waals surface area contributed by atoms with E-state index < -0.39 is 0 Å². The van der Waals surface area contributed by atoms with Crippen LogP contribution in [0.3, 0.4) is 0 Å². The predicted octanol–water partition coefficient (Wildman–Crippen LogP) is 4.34. The third kappa shape index (κ3) is 3.43. The summed E-state index contributed by atoms with van der Waals surface area (Å²) in [6, 6.07) is 10.9. The van der Waals surface area contributed by atoms with Crippen molar-refractivity contribution in [2.45, 2.75) is 6.61 Å². The van der Waals surface area contributed by atoms with E-state index in [1.807, 2.05) is 24.3 Å².